The summed E-state index contributed by atoms with van der Waals surface area (Å²) in [6.07, 6.45) is 1.74. The first-order valence-corrected chi connectivity index (χ1v) is 6.73. The number of carboxylic acid groups (broad SMARTS) is 1. The van der Waals surface area contributed by atoms with E-state index in [0.717, 1.165) is 13.0 Å². The van der Waals surface area contributed by atoms with Gasteiger partial charge in [0.1, 0.15) is 5.82 Å². The van der Waals surface area contributed by atoms with Crippen LogP contribution < -0.4 is 5.32 Å². The number of carbonyl (C=O) groups is 1. The maximum Gasteiger partial charge on any atom is 0.303 e. The molecule has 0 saturated heterocycles. The van der Waals surface area contributed by atoms with Gasteiger partial charge in [0.25, 0.3) is 0 Å². The molecule has 1 aromatic carbocycles. The largest absolute Gasteiger partial charge is 0.481 e. The van der Waals surface area contributed by atoms with E-state index in [9.17, 15) is 9.18 Å². The summed E-state index contributed by atoms with van der Waals surface area (Å²) in [5.41, 5.74) is 0.547. The number of carboxylic acids is 1. The van der Waals surface area contributed by atoms with Crippen LogP contribution in [0.3, 0.4) is 0 Å². The van der Waals surface area contributed by atoms with Gasteiger partial charge in [0.05, 0.1) is 0 Å². The van der Waals surface area contributed by atoms with E-state index in [1.165, 1.54) is 12.1 Å². The Morgan fingerprint density at radius 1 is 1.47 bits per heavy atom. The number of rotatable bonds is 8. The molecule has 0 heterocycles. The quantitative estimate of drug-likeness (QED) is 0.720. The molecule has 2 N–H and O–H groups in total. The van der Waals surface area contributed by atoms with Crippen LogP contribution in [0, 0.1) is 11.7 Å². The molecule has 0 aromatic heterocycles. The highest BCUT2D eigenvalue weighted by molar-refractivity contribution is 6.30. The van der Waals surface area contributed by atoms with Crippen molar-refractivity contribution in [1.82, 2.24) is 5.32 Å². The number of hydrogen-bond donors (Lipinski definition) is 2. The molecule has 106 valence electrons. The first-order chi connectivity index (χ1) is 8.99. The molecule has 0 fully saturated rings. The normalized spacial score (nSPS) is 12.4. The van der Waals surface area contributed by atoms with Crippen molar-refractivity contribution < 1.29 is 14.3 Å². The molecule has 5 heteroatoms. The van der Waals surface area contributed by atoms with Crippen molar-refractivity contribution in [3.05, 3.63) is 34.6 Å². The second kappa shape index (κ2) is 8.12. The summed E-state index contributed by atoms with van der Waals surface area (Å²) in [6.45, 7) is 3.18. The van der Waals surface area contributed by atoms with Crippen LogP contribution in [0.25, 0.3) is 0 Å². The van der Waals surface area contributed by atoms with Crippen LogP contribution in [0.4, 0.5) is 4.39 Å². The Labute approximate surface area is 117 Å². The van der Waals surface area contributed by atoms with E-state index in [0.29, 0.717) is 29.5 Å². The molecule has 0 radical (unpaired) electrons. The van der Waals surface area contributed by atoms with Crippen LogP contribution in [0.15, 0.2) is 18.2 Å². The third-order valence-electron chi connectivity index (χ3n) is 2.99. The zero-order valence-electron chi connectivity index (χ0n) is 11.0. The van der Waals surface area contributed by atoms with Crippen molar-refractivity contribution in [3.8, 4) is 0 Å². The number of hydrogen-bond acceptors (Lipinski definition) is 2. The summed E-state index contributed by atoms with van der Waals surface area (Å²) in [6, 6.07) is 4.49. The molecule has 1 atom stereocenters. The number of benzene rings is 1. The van der Waals surface area contributed by atoms with Crippen molar-refractivity contribution >= 4 is 17.6 Å². The fourth-order valence-electron chi connectivity index (χ4n) is 1.76. The monoisotopic (exact) mass is 287 g/mol. The van der Waals surface area contributed by atoms with Crippen molar-refractivity contribution in [3.63, 3.8) is 0 Å². The minimum Gasteiger partial charge on any atom is -0.481 e. The fourth-order valence-corrected chi connectivity index (χ4v) is 1.96. The highest BCUT2D eigenvalue weighted by atomic mass is 35.5. The van der Waals surface area contributed by atoms with E-state index in [4.69, 9.17) is 16.7 Å². The van der Waals surface area contributed by atoms with E-state index in [2.05, 4.69) is 5.32 Å². The van der Waals surface area contributed by atoms with Gasteiger partial charge in [-0.25, -0.2) is 4.39 Å². The van der Waals surface area contributed by atoms with Crippen molar-refractivity contribution in [2.24, 2.45) is 5.92 Å². The Kier molecular flexibility index (Phi) is 6.81. The third-order valence-corrected chi connectivity index (χ3v) is 3.22. The van der Waals surface area contributed by atoms with Gasteiger partial charge in [-0.1, -0.05) is 18.5 Å². The lowest BCUT2D eigenvalue weighted by atomic mass is 10.0. The lowest BCUT2D eigenvalue weighted by molar-refractivity contribution is -0.137. The maximum absolute atomic E-state index is 13.4. The van der Waals surface area contributed by atoms with Gasteiger partial charge in [0, 0.05) is 23.6 Å². The second-order valence-electron chi connectivity index (χ2n) is 4.74. The van der Waals surface area contributed by atoms with E-state index < -0.39 is 5.97 Å². The smallest absolute Gasteiger partial charge is 0.303 e. The Morgan fingerprint density at radius 2 is 2.21 bits per heavy atom. The molecule has 19 heavy (non-hydrogen) atoms. The molecular weight excluding hydrogens is 269 g/mol. The van der Waals surface area contributed by atoms with Crippen LogP contribution in [0.1, 0.15) is 31.7 Å². The minimum absolute atomic E-state index is 0.199. The SMILES string of the molecule is CC(CCNCc1cc(Cl)ccc1F)CCC(=O)O. The molecular formula is C14H19ClFNO2. The van der Waals surface area contributed by atoms with E-state index in [-0.39, 0.29) is 12.2 Å². The first-order valence-electron chi connectivity index (χ1n) is 6.35. The van der Waals surface area contributed by atoms with Gasteiger partial charge in [-0.3, -0.25) is 4.79 Å². The third kappa shape index (κ3) is 6.55. The molecule has 3 nitrogen and oxygen atoms in total. The van der Waals surface area contributed by atoms with Crippen LogP contribution >= 0.6 is 11.6 Å². The van der Waals surface area contributed by atoms with Crippen molar-refractivity contribution in [2.75, 3.05) is 6.54 Å². The van der Waals surface area contributed by atoms with Crippen LogP contribution in [-0.2, 0) is 11.3 Å². The van der Waals surface area contributed by atoms with Gasteiger partial charge in [0.15, 0.2) is 0 Å². The van der Waals surface area contributed by atoms with E-state index >= 15 is 0 Å². The number of nitrogens with one attached hydrogen (secondary N) is 1. The summed E-state index contributed by atoms with van der Waals surface area (Å²) >= 11 is 5.80. The van der Waals surface area contributed by atoms with Crippen LogP contribution in [0.2, 0.25) is 5.02 Å². The first kappa shape index (κ1) is 15.9. The molecule has 0 amide bonds. The highest BCUT2D eigenvalue weighted by Crippen LogP contribution is 2.15. The summed E-state index contributed by atoms with van der Waals surface area (Å²) in [7, 11) is 0. The highest BCUT2D eigenvalue weighted by Gasteiger charge is 2.06. The Bertz CT molecular complexity index is 426. The second-order valence-corrected chi connectivity index (χ2v) is 5.18. The lowest BCUT2D eigenvalue weighted by Crippen LogP contribution is -2.18. The lowest BCUT2D eigenvalue weighted by Gasteiger charge is -2.11. The van der Waals surface area contributed by atoms with Crippen LogP contribution in [-0.4, -0.2) is 17.6 Å². The predicted octanol–water partition coefficient (Wildman–Crippen LogP) is 3.46. The molecule has 0 aliphatic rings. The van der Waals surface area contributed by atoms with Gasteiger partial charge >= 0.3 is 5.97 Å². The molecule has 0 aliphatic carbocycles. The standard InChI is InChI=1S/C14H19ClFNO2/c1-10(2-5-14(18)19)6-7-17-9-11-8-12(15)3-4-13(11)16/h3-4,8,10,17H,2,5-7,9H2,1H3,(H,18,19). The van der Waals surface area contributed by atoms with Crippen molar-refractivity contribution in [1.29, 1.82) is 0 Å². The summed E-state index contributed by atoms with van der Waals surface area (Å²) < 4.78 is 13.4. The Hall–Kier alpha value is -1.13. The van der Waals surface area contributed by atoms with Gasteiger partial charge in [0.2, 0.25) is 0 Å². The number of halogens is 2. The van der Waals surface area contributed by atoms with E-state index in [1.54, 1.807) is 6.07 Å². The van der Waals surface area contributed by atoms with E-state index in [1.807, 2.05) is 6.92 Å². The van der Waals surface area contributed by atoms with Gasteiger partial charge in [-0.05, 0) is 43.5 Å². The summed E-state index contributed by atoms with van der Waals surface area (Å²) in [5, 5.41) is 12.2. The Balaban J connectivity index is 2.23. The Morgan fingerprint density at radius 3 is 2.89 bits per heavy atom. The fraction of sp³-hybridized carbons (Fsp3) is 0.500. The molecule has 1 aromatic rings. The zero-order chi connectivity index (χ0) is 14.3. The summed E-state index contributed by atoms with van der Waals surface area (Å²) in [5.74, 6) is -0.690. The van der Waals surface area contributed by atoms with Gasteiger partial charge < -0.3 is 10.4 Å². The maximum atomic E-state index is 13.4. The minimum atomic E-state index is -0.763. The molecule has 0 aliphatic heterocycles. The zero-order valence-corrected chi connectivity index (χ0v) is 11.7. The van der Waals surface area contributed by atoms with Crippen molar-refractivity contribution in [2.45, 2.75) is 32.7 Å². The predicted molar refractivity (Wildman–Crippen MR) is 73.8 cm³/mol. The average molecular weight is 288 g/mol. The molecule has 1 unspecified atom stereocenters. The molecule has 0 spiro atoms. The summed E-state index contributed by atoms with van der Waals surface area (Å²) in [4.78, 5) is 10.4. The topological polar surface area (TPSA) is 49.3 Å². The molecule has 1 rings (SSSR count). The molecule has 0 bridgehead atoms. The average Bonchev–Trinajstić information content (AvgIpc) is 2.36. The van der Waals surface area contributed by atoms with Crippen LogP contribution in [0.5, 0.6) is 0 Å². The molecule has 0 saturated carbocycles. The van der Waals surface area contributed by atoms with Gasteiger partial charge in [-0.15, -0.1) is 0 Å². The number of aliphatic carboxylic acids is 1. The van der Waals surface area contributed by atoms with Gasteiger partial charge in [-0.2, -0.15) is 0 Å².